The topological polar surface area (TPSA) is 42.7 Å². The van der Waals surface area contributed by atoms with Crippen LogP contribution in [0.4, 0.5) is 0 Å². The molecule has 2 aromatic rings. The zero-order chi connectivity index (χ0) is 13.8. The van der Waals surface area contributed by atoms with Crippen LogP contribution in [0.25, 0.3) is 0 Å². The second-order valence-corrected chi connectivity index (χ2v) is 5.00. The predicted octanol–water partition coefficient (Wildman–Crippen LogP) is 2.87. The predicted molar refractivity (Wildman–Crippen MR) is 77.3 cm³/mol. The van der Waals surface area contributed by atoms with Crippen LogP contribution in [0.2, 0.25) is 5.02 Å². The van der Waals surface area contributed by atoms with Crippen molar-refractivity contribution >= 4 is 11.6 Å². The minimum atomic E-state index is -0.0267. The van der Waals surface area contributed by atoms with Gasteiger partial charge >= 0.3 is 0 Å². The normalized spacial score (nSPS) is 12.6. The van der Waals surface area contributed by atoms with Gasteiger partial charge in [0, 0.05) is 13.2 Å². The van der Waals surface area contributed by atoms with E-state index in [9.17, 15) is 0 Å². The molecular formula is C14H19ClN4. The van der Waals surface area contributed by atoms with Gasteiger partial charge in [-0.3, -0.25) is 9.67 Å². The van der Waals surface area contributed by atoms with Gasteiger partial charge in [0.1, 0.15) is 0 Å². The van der Waals surface area contributed by atoms with Crippen LogP contribution in [0, 0.1) is 6.92 Å². The maximum Gasteiger partial charge on any atom is 0.0939 e. The zero-order valence-corrected chi connectivity index (χ0v) is 12.3. The Balaban J connectivity index is 2.45. The second kappa shape index (κ2) is 6.17. The highest BCUT2D eigenvalue weighted by Gasteiger charge is 2.22. The number of aromatic nitrogens is 3. The third-order valence-corrected chi connectivity index (χ3v) is 3.42. The molecule has 0 saturated carbocycles. The fourth-order valence-corrected chi connectivity index (χ4v) is 2.43. The van der Waals surface area contributed by atoms with E-state index in [0.717, 1.165) is 29.9 Å². The number of hydrogen-bond donors (Lipinski definition) is 1. The summed E-state index contributed by atoms with van der Waals surface area (Å²) < 4.78 is 1.81. The van der Waals surface area contributed by atoms with Gasteiger partial charge in [-0.15, -0.1) is 0 Å². The van der Waals surface area contributed by atoms with Crippen molar-refractivity contribution in [1.82, 2.24) is 20.1 Å². The molecule has 0 aliphatic heterocycles. The summed E-state index contributed by atoms with van der Waals surface area (Å²) in [6.45, 7) is 5.11. The molecule has 1 unspecified atom stereocenters. The Morgan fingerprint density at radius 3 is 2.84 bits per heavy atom. The molecule has 1 N–H and O–H groups in total. The summed E-state index contributed by atoms with van der Waals surface area (Å²) in [6.07, 6.45) is 4.54. The summed E-state index contributed by atoms with van der Waals surface area (Å²) in [5.41, 5.74) is 3.10. The Hall–Kier alpha value is -1.39. The van der Waals surface area contributed by atoms with E-state index in [1.807, 2.05) is 24.0 Å². The van der Waals surface area contributed by atoms with Gasteiger partial charge in [-0.05, 0) is 31.5 Å². The van der Waals surface area contributed by atoms with Gasteiger partial charge in [0.2, 0.25) is 0 Å². The molecule has 0 fully saturated rings. The van der Waals surface area contributed by atoms with Crippen LogP contribution in [-0.2, 0) is 7.05 Å². The summed E-state index contributed by atoms with van der Waals surface area (Å²) in [7, 11) is 1.90. The van der Waals surface area contributed by atoms with E-state index in [1.165, 1.54) is 0 Å². The van der Waals surface area contributed by atoms with Gasteiger partial charge < -0.3 is 5.32 Å². The molecule has 4 nitrogen and oxygen atoms in total. The SMILES string of the molecule is CCCNC(c1ncccc1C)c1c(Cl)cnn1C. The molecule has 2 aromatic heterocycles. The van der Waals surface area contributed by atoms with Gasteiger partial charge in [-0.1, -0.05) is 24.6 Å². The van der Waals surface area contributed by atoms with Crippen LogP contribution in [0.3, 0.4) is 0 Å². The van der Waals surface area contributed by atoms with Crippen molar-refractivity contribution in [2.24, 2.45) is 7.05 Å². The molecule has 19 heavy (non-hydrogen) atoms. The van der Waals surface area contributed by atoms with Crippen molar-refractivity contribution in [1.29, 1.82) is 0 Å². The third kappa shape index (κ3) is 2.96. The van der Waals surface area contributed by atoms with Crippen molar-refractivity contribution in [2.45, 2.75) is 26.3 Å². The summed E-state index contributed by atoms with van der Waals surface area (Å²) in [5.74, 6) is 0. The number of aryl methyl sites for hydroxylation is 2. The minimum absolute atomic E-state index is 0.0267. The summed E-state index contributed by atoms with van der Waals surface area (Å²) in [4.78, 5) is 4.51. The highest BCUT2D eigenvalue weighted by Crippen LogP contribution is 2.28. The lowest BCUT2D eigenvalue weighted by Crippen LogP contribution is -2.27. The van der Waals surface area contributed by atoms with E-state index >= 15 is 0 Å². The van der Waals surface area contributed by atoms with Crippen LogP contribution in [0.1, 0.15) is 36.3 Å². The Morgan fingerprint density at radius 1 is 1.47 bits per heavy atom. The molecule has 0 amide bonds. The standard InChI is InChI=1S/C14H19ClN4/c1-4-7-16-13(12-10(2)6-5-8-17-12)14-11(15)9-18-19(14)3/h5-6,8-9,13,16H,4,7H2,1-3H3. The second-order valence-electron chi connectivity index (χ2n) is 4.59. The van der Waals surface area contributed by atoms with E-state index in [4.69, 9.17) is 11.6 Å². The highest BCUT2D eigenvalue weighted by atomic mass is 35.5. The van der Waals surface area contributed by atoms with E-state index in [-0.39, 0.29) is 6.04 Å². The minimum Gasteiger partial charge on any atom is -0.304 e. The molecule has 5 heteroatoms. The molecule has 0 bridgehead atoms. The van der Waals surface area contributed by atoms with E-state index < -0.39 is 0 Å². The number of nitrogens with zero attached hydrogens (tertiary/aromatic N) is 3. The maximum absolute atomic E-state index is 6.27. The fraction of sp³-hybridized carbons (Fsp3) is 0.429. The van der Waals surface area contributed by atoms with E-state index in [1.54, 1.807) is 6.20 Å². The first-order chi connectivity index (χ1) is 9.15. The first-order valence-electron chi connectivity index (χ1n) is 6.47. The molecule has 0 spiro atoms. The highest BCUT2D eigenvalue weighted by molar-refractivity contribution is 6.31. The molecule has 2 rings (SSSR count). The van der Waals surface area contributed by atoms with Crippen molar-refractivity contribution in [3.05, 3.63) is 46.5 Å². The van der Waals surface area contributed by atoms with E-state index in [2.05, 4.69) is 35.3 Å². The molecular weight excluding hydrogens is 260 g/mol. The van der Waals surface area contributed by atoms with Crippen molar-refractivity contribution < 1.29 is 0 Å². The monoisotopic (exact) mass is 278 g/mol. The molecule has 2 heterocycles. The van der Waals surface area contributed by atoms with Crippen LogP contribution in [-0.4, -0.2) is 21.3 Å². The number of rotatable bonds is 5. The van der Waals surface area contributed by atoms with Crippen LogP contribution < -0.4 is 5.32 Å². The largest absolute Gasteiger partial charge is 0.304 e. The van der Waals surface area contributed by atoms with Gasteiger partial charge in [-0.25, -0.2) is 0 Å². The van der Waals surface area contributed by atoms with Gasteiger partial charge in [0.15, 0.2) is 0 Å². The first kappa shape index (κ1) is 14.0. The van der Waals surface area contributed by atoms with Gasteiger partial charge in [-0.2, -0.15) is 5.10 Å². The van der Waals surface area contributed by atoms with E-state index in [0.29, 0.717) is 5.02 Å². The Kier molecular flexibility index (Phi) is 4.56. The number of pyridine rings is 1. The lowest BCUT2D eigenvalue weighted by Gasteiger charge is -2.20. The summed E-state index contributed by atoms with van der Waals surface area (Å²) in [6, 6.07) is 3.98. The molecule has 0 radical (unpaired) electrons. The number of hydrogen-bond acceptors (Lipinski definition) is 3. The molecule has 0 aromatic carbocycles. The maximum atomic E-state index is 6.27. The number of nitrogens with one attached hydrogen (secondary N) is 1. The fourth-order valence-electron chi connectivity index (χ4n) is 2.16. The summed E-state index contributed by atoms with van der Waals surface area (Å²) in [5, 5.41) is 8.39. The lowest BCUT2D eigenvalue weighted by atomic mass is 10.0. The van der Waals surface area contributed by atoms with Crippen molar-refractivity contribution in [3.8, 4) is 0 Å². The molecule has 1 atom stereocenters. The first-order valence-corrected chi connectivity index (χ1v) is 6.85. The van der Waals surface area contributed by atoms with Crippen LogP contribution in [0.15, 0.2) is 24.5 Å². The van der Waals surface area contributed by atoms with Crippen LogP contribution >= 0.6 is 11.6 Å². The van der Waals surface area contributed by atoms with Crippen molar-refractivity contribution in [3.63, 3.8) is 0 Å². The molecule has 0 saturated heterocycles. The van der Waals surface area contributed by atoms with Gasteiger partial charge in [0.25, 0.3) is 0 Å². The molecule has 102 valence electrons. The average molecular weight is 279 g/mol. The average Bonchev–Trinajstić information content (AvgIpc) is 2.73. The number of halogens is 1. The molecule has 0 aliphatic rings. The smallest absolute Gasteiger partial charge is 0.0939 e. The third-order valence-electron chi connectivity index (χ3n) is 3.13. The van der Waals surface area contributed by atoms with Gasteiger partial charge in [0.05, 0.1) is 28.6 Å². The lowest BCUT2D eigenvalue weighted by molar-refractivity contribution is 0.542. The zero-order valence-electron chi connectivity index (χ0n) is 11.5. The molecule has 0 aliphatic carbocycles. The Bertz CT molecular complexity index is 531. The summed E-state index contributed by atoms with van der Waals surface area (Å²) >= 11 is 6.27. The Morgan fingerprint density at radius 2 is 2.26 bits per heavy atom. The van der Waals surface area contributed by atoms with Crippen LogP contribution in [0.5, 0.6) is 0 Å². The quantitative estimate of drug-likeness (QED) is 0.914. The Labute approximate surface area is 118 Å². The van der Waals surface area contributed by atoms with Crippen molar-refractivity contribution in [2.75, 3.05) is 6.54 Å².